The minimum Gasteiger partial charge on any atom is -0.459 e. The maximum atomic E-state index is 11.8. The third kappa shape index (κ3) is 5.53. The first-order chi connectivity index (χ1) is 9.19. The van der Waals surface area contributed by atoms with E-state index in [1.54, 1.807) is 24.3 Å². The van der Waals surface area contributed by atoms with Crippen LogP contribution in [0.1, 0.15) is 55.3 Å². The molecule has 0 aliphatic heterocycles. The second kappa shape index (κ2) is 6.66. The Bertz CT molecular complexity index is 468. The van der Waals surface area contributed by atoms with Gasteiger partial charge in [-0.2, -0.15) is 0 Å². The molecule has 1 unspecified atom stereocenters. The fraction of sp³-hybridized carbons (Fsp3) is 0.500. The van der Waals surface area contributed by atoms with Gasteiger partial charge in [0, 0.05) is 5.56 Å². The largest absolute Gasteiger partial charge is 0.459 e. The summed E-state index contributed by atoms with van der Waals surface area (Å²) < 4.78 is 10.8. The Labute approximate surface area is 120 Å². The number of hydrogen-bond acceptors (Lipinski definition) is 4. The highest BCUT2D eigenvalue weighted by atomic mass is 16.6. The van der Waals surface area contributed by atoms with Gasteiger partial charge in [0.25, 0.3) is 0 Å². The van der Waals surface area contributed by atoms with Gasteiger partial charge in [0.05, 0.1) is 17.3 Å². The van der Waals surface area contributed by atoms with Gasteiger partial charge in [-0.3, -0.25) is 4.79 Å². The molecule has 1 aromatic carbocycles. The van der Waals surface area contributed by atoms with Crippen LogP contribution >= 0.6 is 0 Å². The highest BCUT2D eigenvalue weighted by molar-refractivity contribution is 5.96. The number of rotatable bonds is 5. The van der Waals surface area contributed by atoms with E-state index in [-0.39, 0.29) is 24.1 Å². The third-order valence-electron chi connectivity index (χ3n) is 2.53. The van der Waals surface area contributed by atoms with Crippen molar-refractivity contribution in [1.29, 1.82) is 0 Å². The van der Waals surface area contributed by atoms with Gasteiger partial charge in [-0.05, 0) is 46.8 Å². The van der Waals surface area contributed by atoms with E-state index in [1.807, 2.05) is 27.7 Å². The number of Topliss-reactive ketones (excluding diaryl/α,β-unsaturated/α-hetero) is 1. The van der Waals surface area contributed by atoms with Crippen LogP contribution in [0, 0.1) is 0 Å². The monoisotopic (exact) mass is 278 g/mol. The van der Waals surface area contributed by atoms with Crippen molar-refractivity contribution in [1.82, 2.24) is 0 Å². The Balaban J connectivity index is 2.53. The number of hydrogen-bond donors (Lipinski definition) is 0. The van der Waals surface area contributed by atoms with Gasteiger partial charge in [0.15, 0.2) is 5.78 Å². The van der Waals surface area contributed by atoms with Gasteiger partial charge in [-0.25, -0.2) is 4.79 Å². The van der Waals surface area contributed by atoms with Crippen molar-refractivity contribution in [3.8, 4) is 0 Å². The predicted octanol–water partition coefficient (Wildman–Crippen LogP) is 3.25. The van der Waals surface area contributed by atoms with E-state index in [0.29, 0.717) is 11.1 Å². The molecule has 0 heterocycles. The first kappa shape index (κ1) is 16.4. The molecule has 0 spiro atoms. The molecule has 0 aromatic heterocycles. The quantitative estimate of drug-likeness (QED) is 0.613. The van der Waals surface area contributed by atoms with E-state index in [4.69, 9.17) is 9.47 Å². The molecular formula is C16H22O4. The molecule has 110 valence electrons. The lowest BCUT2D eigenvalue weighted by molar-refractivity contribution is -0.0753. The molecule has 0 aliphatic rings. The third-order valence-corrected chi connectivity index (χ3v) is 2.53. The van der Waals surface area contributed by atoms with Crippen LogP contribution < -0.4 is 0 Å². The average molecular weight is 278 g/mol. The summed E-state index contributed by atoms with van der Waals surface area (Å²) in [6.45, 7) is 9.39. The summed E-state index contributed by atoms with van der Waals surface area (Å²) in [6.07, 6.45) is -0.171. The molecule has 0 saturated heterocycles. The fourth-order valence-electron chi connectivity index (χ4n) is 1.75. The number of ketones is 1. The Morgan fingerprint density at radius 3 is 2.05 bits per heavy atom. The molecule has 4 nitrogen and oxygen atoms in total. The molecule has 1 rings (SSSR count). The zero-order valence-corrected chi connectivity index (χ0v) is 12.7. The first-order valence-electron chi connectivity index (χ1n) is 6.65. The molecule has 0 amide bonds. The van der Waals surface area contributed by atoms with Crippen LogP contribution in [0.2, 0.25) is 0 Å². The van der Waals surface area contributed by atoms with E-state index >= 15 is 0 Å². The van der Waals surface area contributed by atoms with Crippen molar-refractivity contribution in [2.75, 3.05) is 6.61 Å². The molecule has 0 bridgehead atoms. The maximum absolute atomic E-state index is 11.8. The van der Waals surface area contributed by atoms with E-state index in [1.165, 1.54) is 6.92 Å². The minimum atomic E-state index is -0.413. The minimum absolute atomic E-state index is 0.0304. The van der Waals surface area contributed by atoms with E-state index in [2.05, 4.69) is 0 Å². The Morgan fingerprint density at radius 1 is 1.10 bits per heavy atom. The van der Waals surface area contributed by atoms with E-state index < -0.39 is 5.97 Å². The molecule has 20 heavy (non-hydrogen) atoms. The van der Waals surface area contributed by atoms with Crippen molar-refractivity contribution in [3.05, 3.63) is 35.4 Å². The predicted molar refractivity (Wildman–Crippen MR) is 77.0 cm³/mol. The smallest absolute Gasteiger partial charge is 0.338 e. The summed E-state index contributed by atoms with van der Waals surface area (Å²) in [6, 6.07) is 6.42. The van der Waals surface area contributed by atoms with Crippen LogP contribution in [-0.2, 0) is 9.47 Å². The Morgan fingerprint density at radius 2 is 1.60 bits per heavy atom. The van der Waals surface area contributed by atoms with Gasteiger partial charge >= 0.3 is 5.97 Å². The van der Waals surface area contributed by atoms with Crippen LogP contribution in [0.25, 0.3) is 0 Å². The van der Waals surface area contributed by atoms with E-state index in [9.17, 15) is 9.59 Å². The average Bonchev–Trinajstić information content (AvgIpc) is 2.34. The molecular weight excluding hydrogens is 256 g/mol. The van der Waals surface area contributed by atoms with Gasteiger partial charge in [0.1, 0.15) is 6.61 Å². The molecule has 0 radical (unpaired) electrons. The lowest BCUT2D eigenvalue weighted by Crippen LogP contribution is -2.29. The summed E-state index contributed by atoms with van der Waals surface area (Å²) in [5.41, 5.74) is 0.735. The lowest BCUT2D eigenvalue weighted by atomic mass is 10.1. The number of carbonyl (C=O) groups excluding carboxylic acids is 2. The normalized spacial score (nSPS) is 12.8. The van der Waals surface area contributed by atoms with Crippen molar-refractivity contribution < 1.29 is 19.1 Å². The number of carbonyl (C=O) groups is 2. The number of benzene rings is 1. The van der Waals surface area contributed by atoms with Crippen molar-refractivity contribution >= 4 is 11.8 Å². The summed E-state index contributed by atoms with van der Waals surface area (Å²) in [7, 11) is 0. The van der Waals surface area contributed by atoms with E-state index in [0.717, 1.165) is 0 Å². The lowest BCUT2D eigenvalue weighted by Gasteiger charge is -2.24. The Kier molecular flexibility index (Phi) is 5.45. The van der Waals surface area contributed by atoms with Gasteiger partial charge in [-0.1, -0.05) is 12.1 Å². The van der Waals surface area contributed by atoms with Crippen LogP contribution in [0.5, 0.6) is 0 Å². The van der Waals surface area contributed by atoms with Crippen LogP contribution in [-0.4, -0.2) is 30.1 Å². The first-order valence-corrected chi connectivity index (χ1v) is 6.65. The fourth-order valence-corrected chi connectivity index (χ4v) is 1.75. The molecule has 0 N–H and O–H groups in total. The number of esters is 1. The zero-order valence-electron chi connectivity index (χ0n) is 12.7. The van der Waals surface area contributed by atoms with Crippen molar-refractivity contribution in [3.63, 3.8) is 0 Å². The molecule has 0 fully saturated rings. The SMILES string of the molecule is CC(=O)c1ccc(C(=O)OCC(C)OC(C)(C)C)cc1. The molecule has 0 aliphatic carbocycles. The van der Waals surface area contributed by atoms with Crippen LogP contribution in [0.4, 0.5) is 0 Å². The Hall–Kier alpha value is -1.68. The van der Waals surface area contributed by atoms with Crippen molar-refractivity contribution in [2.45, 2.75) is 46.3 Å². The standard InChI is InChI=1S/C16H22O4/c1-11(20-16(3,4)5)10-19-15(18)14-8-6-13(7-9-14)12(2)17/h6-9,11H,10H2,1-5H3. The number of ether oxygens (including phenoxy) is 2. The summed E-state index contributed by atoms with van der Waals surface area (Å²) in [4.78, 5) is 23.0. The summed E-state index contributed by atoms with van der Waals surface area (Å²) in [5, 5.41) is 0. The second-order valence-corrected chi connectivity index (χ2v) is 5.77. The van der Waals surface area contributed by atoms with Crippen molar-refractivity contribution in [2.24, 2.45) is 0 Å². The summed E-state index contributed by atoms with van der Waals surface area (Å²) >= 11 is 0. The molecule has 1 atom stereocenters. The van der Waals surface area contributed by atoms with Crippen LogP contribution in [0.3, 0.4) is 0 Å². The molecule has 1 aromatic rings. The topological polar surface area (TPSA) is 52.6 Å². The molecule has 0 saturated carbocycles. The molecule has 4 heteroatoms. The van der Waals surface area contributed by atoms with Gasteiger partial charge in [-0.15, -0.1) is 0 Å². The van der Waals surface area contributed by atoms with Gasteiger partial charge in [0.2, 0.25) is 0 Å². The van der Waals surface area contributed by atoms with Gasteiger partial charge < -0.3 is 9.47 Å². The maximum Gasteiger partial charge on any atom is 0.338 e. The highest BCUT2D eigenvalue weighted by Crippen LogP contribution is 2.12. The highest BCUT2D eigenvalue weighted by Gasteiger charge is 2.17. The zero-order chi connectivity index (χ0) is 15.3. The summed E-state index contributed by atoms with van der Waals surface area (Å²) in [5.74, 6) is -0.443. The second-order valence-electron chi connectivity index (χ2n) is 5.77. The van der Waals surface area contributed by atoms with Crippen LogP contribution in [0.15, 0.2) is 24.3 Å².